The second-order valence-corrected chi connectivity index (χ2v) is 9.17. The van der Waals surface area contributed by atoms with Gasteiger partial charge < -0.3 is 15.2 Å². The fourth-order valence-electron chi connectivity index (χ4n) is 4.66. The number of rotatable bonds is 3. The average Bonchev–Trinajstić information content (AvgIpc) is 3.16. The molecular weight excluding hydrogens is 458 g/mol. The number of hydrogen-bond donors (Lipinski definition) is 2. The molecule has 1 fully saturated rings. The molecule has 5 rings (SSSR count). The second kappa shape index (κ2) is 7.96. The van der Waals surface area contributed by atoms with Crippen molar-refractivity contribution in [2.45, 2.75) is 32.1 Å². The third kappa shape index (κ3) is 3.78. The van der Waals surface area contributed by atoms with Crippen LogP contribution in [0.15, 0.2) is 51.7 Å². The monoisotopic (exact) mass is 479 g/mol. The van der Waals surface area contributed by atoms with Gasteiger partial charge in [-0.1, -0.05) is 28.1 Å². The first-order chi connectivity index (χ1) is 15.0. The highest BCUT2D eigenvalue weighted by Gasteiger charge is 2.35. The van der Waals surface area contributed by atoms with Crippen molar-refractivity contribution in [3.63, 3.8) is 0 Å². The number of nitrogens with one attached hydrogen (secondary N) is 2. The van der Waals surface area contributed by atoms with Crippen molar-refractivity contribution in [2.24, 2.45) is 5.92 Å². The number of carbonyl (C=O) groups excluding carboxylic acids is 2. The molecule has 2 N–H and O–H groups in total. The van der Waals surface area contributed by atoms with E-state index >= 15 is 0 Å². The minimum Gasteiger partial charge on any atom is -0.326 e. The molecule has 3 aromatic rings. The molecule has 1 aliphatic carbocycles. The minimum atomic E-state index is -0.426. The van der Waals surface area contributed by atoms with E-state index < -0.39 is 5.92 Å². The Kier molecular flexibility index (Phi) is 5.14. The second-order valence-electron chi connectivity index (χ2n) is 8.25. The highest BCUT2D eigenvalue weighted by atomic mass is 79.9. The molecule has 0 bridgehead atoms. The van der Waals surface area contributed by atoms with E-state index in [2.05, 4.69) is 26.2 Å². The van der Waals surface area contributed by atoms with Gasteiger partial charge in [-0.15, -0.1) is 0 Å². The van der Waals surface area contributed by atoms with Crippen LogP contribution in [0.3, 0.4) is 0 Å². The molecule has 2 aliphatic rings. The van der Waals surface area contributed by atoms with Gasteiger partial charge in [-0.25, -0.2) is 0 Å². The summed E-state index contributed by atoms with van der Waals surface area (Å²) in [5.74, 6) is -0.678. The van der Waals surface area contributed by atoms with Crippen LogP contribution < -0.4 is 15.8 Å². The zero-order valence-corrected chi connectivity index (χ0v) is 18.5. The first-order valence-corrected chi connectivity index (χ1v) is 11.3. The number of aryl methyl sites for hydroxylation is 1. The topological polar surface area (TPSA) is 82.3 Å². The number of anilines is 2. The number of benzene rings is 2. The molecule has 7 heteroatoms. The van der Waals surface area contributed by atoms with Gasteiger partial charge in [-0.2, -0.15) is 0 Å². The molecule has 2 aromatic carbocycles. The Hall–Kier alpha value is -2.93. The Morgan fingerprint density at radius 1 is 1.06 bits per heavy atom. The number of amides is 2. The Morgan fingerprint density at radius 2 is 1.87 bits per heavy atom. The first-order valence-electron chi connectivity index (χ1n) is 10.5. The summed E-state index contributed by atoms with van der Waals surface area (Å²) in [6.45, 7) is 0.346. The Morgan fingerprint density at radius 3 is 2.68 bits per heavy atom. The summed E-state index contributed by atoms with van der Waals surface area (Å²) in [5.41, 5.74) is 4.14. The molecule has 6 nitrogen and oxygen atoms in total. The van der Waals surface area contributed by atoms with Crippen molar-refractivity contribution in [1.29, 1.82) is 0 Å². The zero-order valence-electron chi connectivity index (χ0n) is 16.9. The van der Waals surface area contributed by atoms with Gasteiger partial charge >= 0.3 is 0 Å². The molecule has 31 heavy (non-hydrogen) atoms. The summed E-state index contributed by atoms with van der Waals surface area (Å²) in [5, 5.41) is 3.98. The number of aromatic nitrogens is 1. The zero-order chi connectivity index (χ0) is 21.5. The molecule has 1 atom stereocenters. The maximum Gasteiger partial charge on any atom is 0.251 e. The first kappa shape index (κ1) is 20.0. The standard InChI is InChI=1S/C24H22BrN3O3/c25-15-4-3-5-17(11-15)28-13-14(10-22(28)29)23(30)26-16-8-9-19-18-6-1-2-7-20(18)24(31)27-21(19)12-16/h3-5,8-9,11-12,14H,1-2,6-7,10,13H2,(H,26,30)(H,27,31). The van der Waals surface area contributed by atoms with E-state index in [0.717, 1.165) is 57.9 Å². The van der Waals surface area contributed by atoms with Gasteiger partial charge in [0.05, 0.1) is 11.4 Å². The van der Waals surface area contributed by atoms with Gasteiger partial charge in [0.25, 0.3) is 5.56 Å². The third-order valence-corrected chi connectivity index (χ3v) is 6.71. The van der Waals surface area contributed by atoms with Crippen molar-refractivity contribution in [1.82, 2.24) is 4.98 Å². The molecule has 0 saturated carbocycles. The highest BCUT2D eigenvalue weighted by Crippen LogP contribution is 2.30. The van der Waals surface area contributed by atoms with Gasteiger partial charge in [0.1, 0.15) is 0 Å². The van der Waals surface area contributed by atoms with Gasteiger partial charge in [0.15, 0.2) is 0 Å². The fraction of sp³-hybridized carbons (Fsp3) is 0.292. The van der Waals surface area contributed by atoms with Crippen molar-refractivity contribution >= 4 is 50.0 Å². The predicted octanol–water partition coefficient (Wildman–Crippen LogP) is 4.16. The summed E-state index contributed by atoms with van der Waals surface area (Å²) in [6.07, 6.45) is 4.05. The van der Waals surface area contributed by atoms with Crippen molar-refractivity contribution in [2.75, 3.05) is 16.8 Å². The molecule has 2 amide bonds. The maximum absolute atomic E-state index is 12.9. The van der Waals surface area contributed by atoms with E-state index in [-0.39, 0.29) is 23.8 Å². The lowest BCUT2D eigenvalue weighted by Gasteiger charge is -2.18. The van der Waals surface area contributed by atoms with Crippen LogP contribution in [0, 0.1) is 5.92 Å². The molecule has 158 valence electrons. The van der Waals surface area contributed by atoms with Crippen LogP contribution in [0.5, 0.6) is 0 Å². The summed E-state index contributed by atoms with van der Waals surface area (Å²) < 4.78 is 0.887. The number of carbonyl (C=O) groups is 2. The molecule has 1 unspecified atom stereocenters. The molecular formula is C24H22BrN3O3. The van der Waals surface area contributed by atoms with Gasteiger partial charge in [0.2, 0.25) is 11.8 Å². The molecule has 1 aliphatic heterocycles. The normalized spacial score (nSPS) is 18.3. The summed E-state index contributed by atoms with van der Waals surface area (Å²) in [4.78, 5) is 42.4. The van der Waals surface area contributed by atoms with E-state index in [4.69, 9.17) is 0 Å². The molecule has 1 aromatic heterocycles. The number of H-pyrrole nitrogens is 1. The molecule has 1 saturated heterocycles. The lowest BCUT2D eigenvalue weighted by atomic mass is 9.90. The number of fused-ring (bicyclic) bond motifs is 3. The fourth-order valence-corrected chi connectivity index (χ4v) is 5.05. The van der Waals surface area contributed by atoms with Crippen LogP contribution in [0.1, 0.15) is 30.4 Å². The maximum atomic E-state index is 12.9. The third-order valence-electron chi connectivity index (χ3n) is 6.22. The number of halogens is 1. The van der Waals surface area contributed by atoms with Crippen LogP contribution in [0.2, 0.25) is 0 Å². The molecule has 0 spiro atoms. The van der Waals surface area contributed by atoms with Crippen LogP contribution in [-0.4, -0.2) is 23.3 Å². The Bertz CT molecular complexity index is 1270. The van der Waals surface area contributed by atoms with Crippen molar-refractivity contribution < 1.29 is 9.59 Å². The average molecular weight is 480 g/mol. The van der Waals surface area contributed by atoms with Gasteiger partial charge in [0, 0.05) is 39.8 Å². The number of hydrogen-bond acceptors (Lipinski definition) is 3. The van der Waals surface area contributed by atoms with Crippen molar-refractivity contribution in [3.05, 3.63) is 68.4 Å². The Labute approximate surface area is 187 Å². The predicted molar refractivity (Wildman–Crippen MR) is 124 cm³/mol. The largest absolute Gasteiger partial charge is 0.326 e. The van der Waals surface area contributed by atoms with Gasteiger partial charge in [-0.05, 0) is 61.6 Å². The van der Waals surface area contributed by atoms with Crippen LogP contribution in [0.25, 0.3) is 10.9 Å². The highest BCUT2D eigenvalue weighted by molar-refractivity contribution is 9.10. The van der Waals surface area contributed by atoms with E-state index in [0.29, 0.717) is 12.2 Å². The van der Waals surface area contributed by atoms with E-state index in [1.165, 1.54) is 0 Å². The lowest BCUT2D eigenvalue weighted by Crippen LogP contribution is -2.28. The van der Waals surface area contributed by atoms with Crippen LogP contribution in [-0.2, 0) is 22.4 Å². The van der Waals surface area contributed by atoms with E-state index in [1.54, 1.807) is 4.90 Å². The van der Waals surface area contributed by atoms with Crippen molar-refractivity contribution in [3.8, 4) is 0 Å². The van der Waals surface area contributed by atoms with Crippen LogP contribution >= 0.6 is 15.9 Å². The molecule has 0 radical (unpaired) electrons. The van der Waals surface area contributed by atoms with E-state index in [9.17, 15) is 14.4 Å². The number of nitrogens with zero attached hydrogens (tertiary/aromatic N) is 1. The number of aromatic amines is 1. The SMILES string of the molecule is O=C(Nc1ccc2c3c(c(=O)[nH]c2c1)CCCC3)C1CC(=O)N(c2cccc(Br)c2)C1. The lowest BCUT2D eigenvalue weighted by molar-refractivity contribution is -0.122. The van der Waals surface area contributed by atoms with E-state index in [1.807, 2.05) is 42.5 Å². The Balaban J connectivity index is 1.36. The minimum absolute atomic E-state index is 0.0308. The smallest absolute Gasteiger partial charge is 0.251 e. The summed E-state index contributed by atoms with van der Waals surface area (Å²) in [7, 11) is 0. The van der Waals surface area contributed by atoms with Crippen LogP contribution in [0.4, 0.5) is 11.4 Å². The quantitative estimate of drug-likeness (QED) is 0.591. The summed E-state index contributed by atoms with van der Waals surface area (Å²) in [6, 6.07) is 13.2. The number of pyridine rings is 1. The summed E-state index contributed by atoms with van der Waals surface area (Å²) >= 11 is 3.42. The molecule has 2 heterocycles. The van der Waals surface area contributed by atoms with Gasteiger partial charge in [-0.3, -0.25) is 14.4 Å².